The Morgan fingerprint density at radius 3 is 2.58 bits per heavy atom. The van der Waals surface area contributed by atoms with Crippen LogP contribution in [0.1, 0.15) is 61.9 Å². The minimum absolute atomic E-state index is 0.160. The van der Waals surface area contributed by atoms with Gasteiger partial charge in [-0.1, -0.05) is 29.8 Å². The predicted molar refractivity (Wildman–Crippen MR) is 138 cm³/mol. The highest BCUT2D eigenvalue weighted by atomic mass is 32.1. The maximum absolute atomic E-state index is 13.3. The molecule has 5 rings (SSSR count). The van der Waals surface area contributed by atoms with Crippen LogP contribution < -0.4 is 5.32 Å². The van der Waals surface area contributed by atoms with Gasteiger partial charge in [0.05, 0.1) is 0 Å². The van der Waals surface area contributed by atoms with Gasteiger partial charge in [0.1, 0.15) is 5.69 Å². The van der Waals surface area contributed by atoms with Crippen LogP contribution in [0.15, 0.2) is 42.0 Å². The number of rotatable bonds is 4. The molecule has 3 aliphatic rings. The molecule has 0 bridgehead atoms. The number of benzene rings is 1. The third-order valence-corrected chi connectivity index (χ3v) is 8.52. The summed E-state index contributed by atoms with van der Waals surface area (Å²) in [4.78, 5) is 17.7. The summed E-state index contributed by atoms with van der Waals surface area (Å²) < 4.78 is 2.03. The maximum atomic E-state index is 13.3. The van der Waals surface area contributed by atoms with E-state index in [1.165, 1.54) is 32.1 Å². The average molecular weight is 465 g/mol. The number of thiocarbonyl (C=S) groups is 1. The van der Waals surface area contributed by atoms with Crippen molar-refractivity contribution in [2.45, 2.75) is 51.4 Å². The topological polar surface area (TPSA) is 40.5 Å². The molecule has 1 spiro atoms. The van der Waals surface area contributed by atoms with Crippen LogP contribution >= 0.6 is 12.2 Å². The highest BCUT2D eigenvalue weighted by Gasteiger charge is 2.42. The van der Waals surface area contributed by atoms with Gasteiger partial charge in [0.15, 0.2) is 5.11 Å². The van der Waals surface area contributed by atoms with Crippen molar-refractivity contribution in [3.05, 3.63) is 47.7 Å². The van der Waals surface area contributed by atoms with Crippen molar-refractivity contribution in [1.29, 1.82) is 0 Å². The number of allylic oxidation sites excluding steroid dienone is 1. The lowest BCUT2D eigenvalue weighted by atomic mass is 9.77. The fourth-order valence-electron chi connectivity index (χ4n) is 5.93. The van der Waals surface area contributed by atoms with Gasteiger partial charge in [-0.05, 0) is 81.1 Å². The van der Waals surface area contributed by atoms with Gasteiger partial charge in [-0.2, -0.15) is 0 Å². The number of aryl methyl sites for hydroxylation is 1. The first kappa shape index (κ1) is 22.5. The van der Waals surface area contributed by atoms with Gasteiger partial charge < -0.3 is 19.7 Å². The van der Waals surface area contributed by atoms with Crippen molar-refractivity contribution >= 4 is 34.1 Å². The van der Waals surface area contributed by atoms with Gasteiger partial charge in [0.25, 0.3) is 5.91 Å². The average Bonchev–Trinajstić information content (AvgIpc) is 3.41. The van der Waals surface area contributed by atoms with Crippen LogP contribution in [0.4, 0.5) is 0 Å². The molecule has 5 nitrogen and oxygen atoms in total. The maximum Gasteiger partial charge on any atom is 0.270 e. The molecule has 2 saturated heterocycles. The smallest absolute Gasteiger partial charge is 0.270 e. The zero-order valence-corrected chi connectivity index (χ0v) is 20.6. The molecule has 2 aromatic rings. The molecule has 0 atom stereocenters. The second-order valence-electron chi connectivity index (χ2n) is 10.2. The SMILES string of the molecule is Cn1c(C(=O)N2CCC3(CC2)CCN(C(=S)NCCC2=CCCCC2)C3)cc2ccccc21. The Morgan fingerprint density at radius 2 is 1.85 bits per heavy atom. The van der Waals surface area contributed by atoms with E-state index in [0.29, 0.717) is 5.41 Å². The minimum Gasteiger partial charge on any atom is -0.362 e. The molecule has 6 heteroatoms. The van der Waals surface area contributed by atoms with Gasteiger partial charge in [0.2, 0.25) is 0 Å². The Hall–Kier alpha value is -2.34. The molecule has 0 unspecified atom stereocenters. The van der Waals surface area contributed by atoms with Crippen LogP contribution in [0.5, 0.6) is 0 Å². The normalized spacial score (nSPS) is 20.3. The highest BCUT2D eigenvalue weighted by Crippen LogP contribution is 2.40. The summed E-state index contributed by atoms with van der Waals surface area (Å²) in [6.45, 7) is 4.68. The van der Waals surface area contributed by atoms with E-state index in [4.69, 9.17) is 12.2 Å². The van der Waals surface area contributed by atoms with Gasteiger partial charge in [-0.3, -0.25) is 4.79 Å². The lowest BCUT2D eigenvalue weighted by Gasteiger charge is -2.39. The molecule has 1 aromatic heterocycles. The molecule has 1 N–H and O–H groups in total. The largest absolute Gasteiger partial charge is 0.362 e. The fraction of sp³-hybridized carbons (Fsp3) is 0.556. The molecule has 1 aliphatic carbocycles. The molecular formula is C27H36N4OS. The fourth-order valence-corrected chi connectivity index (χ4v) is 6.19. The Bertz CT molecular complexity index is 1060. The van der Waals surface area contributed by atoms with E-state index in [2.05, 4.69) is 33.3 Å². The number of fused-ring (bicyclic) bond motifs is 1. The van der Waals surface area contributed by atoms with Crippen molar-refractivity contribution in [1.82, 2.24) is 19.7 Å². The van der Waals surface area contributed by atoms with Crippen LogP contribution in [0.25, 0.3) is 10.9 Å². The van der Waals surface area contributed by atoms with E-state index in [1.807, 2.05) is 29.8 Å². The third kappa shape index (κ3) is 4.68. The zero-order valence-electron chi connectivity index (χ0n) is 19.8. The van der Waals surface area contributed by atoms with E-state index >= 15 is 0 Å². The molecular weight excluding hydrogens is 428 g/mol. The summed E-state index contributed by atoms with van der Waals surface area (Å²) in [5.41, 5.74) is 3.80. The number of nitrogens with zero attached hydrogens (tertiary/aromatic N) is 3. The number of hydrogen-bond acceptors (Lipinski definition) is 2. The summed E-state index contributed by atoms with van der Waals surface area (Å²) in [7, 11) is 1.99. The van der Waals surface area contributed by atoms with E-state index in [-0.39, 0.29) is 5.91 Å². The second kappa shape index (κ2) is 9.49. The molecule has 2 aliphatic heterocycles. The molecule has 176 valence electrons. The lowest BCUT2D eigenvalue weighted by Crippen LogP contribution is -2.46. The summed E-state index contributed by atoms with van der Waals surface area (Å²) in [5, 5.41) is 5.55. The third-order valence-electron chi connectivity index (χ3n) is 8.12. The number of amides is 1. The molecule has 2 fully saturated rings. The summed E-state index contributed by atoms with van der Waals surface area (Å²) >= 11 is 5.74. The van der Waals surface area contributed by atoms with Crippen molar-refractivity contribution < 1.29 is 4.79 Å². The molecule has 1 amide bonds. The molecule has 3 heterocycles. The van der Waals surface area contributed by atoms with E-state index in [0.717, 1.165) is 73.7 Å². The van der Waals surface area contributed by atoms with Crippen LogP contribution in [0.2, 0.25) is 0 Å². The van der Waals surface area contributed by atoms with Crippen LogP contribution in [0.3, 0.4) is 0 Å². The highest BCUT2D eigenvalue weighted by molar-refractivity contribution is 7.80. The van der Waals surface area contributed by atoms with Gasteiger partial charge in [0, 0.05) is 50.7 Å². The minimum atomic E-state index is 0.160. The Morgan fingerprint density at radius 1 is 1.09 bits per heavy atom. The van der Waals surface area contributed by atoms with E-state index in [1.54, 1.807) is 5.57 Å². The van der Waals surface area contributed by atoms with Gasteiger partial charge >= 0.3 is 0 Å². The van der Waals surface area contributed by atoms with Crippen molar-refractivity contribution in [2.75, 3.05) is 32.7 Å². The van der Waals surface area contributed by atoms with Crippen molar-refractivity contribution in [2.24, 2.45) is 12.5 Å². The first-order chi connectivity index (χ1) is 16.0. The van der Waals surface area contributed by atoms with Crippen LogP contribution in [-0.2, 0) is 7.05 Å². The molecule has 0 saturated carbocycles. The first-order valence-electron chi connectivity index (χ1n) is 12.6. The summed E-state index contributed by atoms with van der Waals surface area (Å²) in [5.74, 6) is 0.160. The Kier molecular flexibility index (Phi) is 6.46. The van der Waals surface area contributed by atoms with E-state index in [9.17, 15) is 4.79 Å². The second-order valence-corrected chi connectivity index (χ2v) is 10.6. The van der Waals surface area contributed by atoms with E-state index < -0.39 is 0 Å². The number of carbonyl (C=O) groups is 1. The number of piperidine rings is 1. The number of likely N-dealkylation sites (tertiary alicyclic amines) is 2. The Balaban J connectivity index is 1.13. The summed E-state index contributed by atoms with van der Waals surface area (Å²) in [6.07, 6.45) is 12.0. The Labute approximate surface area is 202 Å². The summed E-state index contributed by atoms with van der Waals surface area (Å²) in [6, 6.07) is 10.2. The molecule has 33 heavy (non-hydrogen) atoms. The van der Waals surface area contributed by atoms with Crippen molar-refractivity contribution in [3.63, 3.8) is 0 Å². The van der Waals surface area contributed by atoms with Crippen molar-refractivity contribution in [3.8, 4) is 0 Å². The number of para-hydroxylation sites is 1. The first-order valence-corrected chi connectivity index (χ1v) is 13.0. The molecule has 0 radical (unpaired) electrons. The number of aromatic nitrogens is 1. The monoisotopic (exact) mass is 464 g/mol. The van der Waals surface area contributed by atoms with Crippen LogP contribution in [0, 0.1) is 5.41 Å². The number of nitrogens with one attached hydrogen (secondary N) is 1. The number of hydrogen-bond donors (Lipinski definition) is 1. The quantitative estimate of drug-likeness (QED) is 0.518. The number of carbonyl (C=O) groups excluding carboxylic acids is 1. The zero-order chi connectivity index (χ0) is 22.8. The van der Waals surface area contributed by atoms with Gasteiger partial charge in [-0.15, -0.1) is 0 Å². The van der Waals surface area contributed by atoms with Crippen LogP contribution in [-0.4, -0.2) is 58.1 Å². The predicted octanol–water partition coefficient (Wildman–Crippen LogP) is 4.87. The van der Waals surface area contributed by atoms with Gasteiger partial charge in [-0.25, -0.2) is 0 Å². The molecule has 1 aromatic carbocycles. The lowest BCUT2D eigenvalue weighted by molar-refractivity contribution is 0.0590. The standard InChI is InChI=1S/C27H36N4OS/c1-29-23-10-6-5-9-22(23)19-24(29)25(32)30-16-12-27(13-17-30)14-18-31(20-27)26(33)28-15-11-21-7-3-2-4-8-21/h5-7,9-10,19H,2-4,8,11-18,20H2,1H3,(H,28,33).